The number of aromatic amines is 1. The van der Waals surface area contributed by atoms with Crippen molar-refractivity contribution >= 4 is 11.8 Å². The van der Waals surface area contributed by atoms with Crippen LogP contribution >= 0.6 is 0 Å². The molecular formula is C22H29N5O3. The van der Waals surface area contributed by atoms with Crippen LogP contribution in [0, 0.1) is 5.92 Å². The number of carbonyl (C=O) groups excluding carboxylic acids is 2. The van der Waals surface area contributed by atoms with Crippen molar-refractivity contribution in [1.82, 2.24) is 25.4 Å². The van der Waals surface area contributed by atoms with E-state index < -0.39 is 0 Å². The Kier molecular flexibility index (Phi) is 6.42. The van der Waals surface area contributed by atoms with Crippen LogP contribution in [0.15, 0.2) is 30.3 Å². The number of benzene rings is 1. The van der Waals surface area contributed by atoms with E-state index in [4.69, 9.17) is 4.74 Å². The number of nitrogens with one attached hydrogen (secondary N) is 2. The zero-order valence-electron chi connectivity index (χ0n) is 17.3. The lowest BCUT2D eigenvalue weighted by Crippen LogP contribution is -2.43. The molecule has 2 aromatic rings. The van der Waals surface area contributed by atoms with Gasteiger partial charge < -0.3 is 15.0 Å². The second kappa shape index (κ2) is 9.38. The van der Waals surface area contributed by atoms with E-state index in [0.717, 1.165) is 31.2 Å². The summed E-state index contributed by atoms with van der Waals surface area (Å²) >= 11 is 0. The molecule has 2 aliphatic rings. The Morgan fingerprint density at radius 1 is 1.17 bits per heavy atom. The first kappa shape index (κ1) is 20.5. The van der Waals surface area contributed by atoms with E-state index in [9.17, 15) is 9.59 Å². The Balaban J connectivity index is 1.53. The molecule has 1 aliphatic carbocycles. The van der Waals surface area contributed by atoms with Gasteiger partial charge in [0.2, 0.25) is 11.8 Å². The van der Waals surface area contributed by atoms with Crippen LogP contribution in [0.1, 0.15) is 43.8 Å². The standard InChI is InChI=1S/C22H29N5O3/c1-30-14-19(28)23-18-13-27(22(29)16-10-6-3-7-11-16)12-17(18)21-24-20(25-26-21)15-8-4-2-5-9-15/h2,4-5,8-9,16-18H,3,6-7,10-14H2,1H3,(H,23,28)(H,24,25,26)/t17-,18-/m1/s1. The molecule has 1 saturated heterocycles. The average molecular weight is 412 g/mol. The molecule has 30 heavy (non-hydrogen) atoms. The summed E-state index contributed by atoms with van der Waals surface area (Å²) < 4.78 is 4.96. The number of ether oxygens (including phenoxy) is 1. The topological polar surface area (TPSA) is 100 Å². The lowest BCUT2D eigenvalue weighted by Gasteiger charge is -2.26. The third-order valence-corrected chi connectivity index (χ3v) is 6.09. The van der Waals surface area contributed by atoms with Gasteiger partial charge in [-0.2, -0.15) is 5.10 Å². The van der Waals surface area contributed by atoms with Gasteiger partial charge >= 0.3 is 0 Å². The van der Waals surface area contributed by atoms with Crippen molar-refractivity contribution in [2.45, 2.75) is 44.1 Å². The zero-order valence-corrected chi connectivity index (χ0v) is 17.3. The first-order chi connectivity index (χ1) is 14.7. The predicted molar refractivity (Wildman–Crippen MR) is 112 cm³/mol. The second-order valence-corrected chi connectivity index (χ2v) is 8.20. The normalized spacial score (nSPS) is 22.2. The Labute approximate surface area is 176 Å². The molecular weight excluding hydrogens is 382 g/mol. The van der Waals surface area contributed by atoms with Crippen LogP contribution in [0.25, 0.3) is 11.4 Å². The van der Waals surface area contributed by atoms with Crippen molar-refractivity contribution < 1.29 is 14.3 Å². The summed E-state index contributed by atoms with van der Waals surface area (Å²) in [5.41, 5.74) is 0.924. The summed E-state index contributed by atoms with van der Waals surface area (Å²) in [5.74, 6) is 1.28. The summed E-state index contributed by atoms with van der Waals surface area (Å²) in [7, 11) is 1.49. The third kappa shape index (κ3) is 4.53. The molecule has 2 atom stereocenters. The molecule has 8 heteroatoms. The van der Waals surface area contributed by atoms with E-state index in [-0.39, 0.29) is 36.3 Å². The Morgan fingerprint density at radius 2 is 1.93 bits per heavy atom. The summed E-state index contributed by atoms with van der Waals surface area (Å²) in [5, 5.41) is 10.4. The molecule has 0 bridgehead atoms. The van der Waals surface area contributed by atoms with Crippen molar-refractivity contribution in [3.05, 3.63) is 36.2 Å². The molecule has 0 radical (unpaired) electrons. The summed E-state index contributed by atoms with van der Waals surface area (Å²) in [6.07, 6.45) is 5.36. The van der Waals surface area contributed by atoms with Gasteiger partial charge in [0.05, 0.1) is 12.0 Å². The molecule has 1 aromatic heterocycles. The number of H-pyrrole nitrogens is 1. The number of amides is 2. The number of methoxy groups -OCH3 is 1. The molecule has 1 aliphatic heterocycles. The molecule has 2 amide bonds. The van der Waals surface area contributed by atoms with Gasteiger partial charge in [-0.05, 0) is 12.8 Å². The summed E-state index contributed by atoms with van der Waals surface area (Å²) in [4.78, 5) is 31.9. The van der Waals surface area contributed by atoms with Crippen LogP contribution in [0.3, 0.4) is 0 Å². The van der Waals surface area contributed by atoms with Gasteiger partial charge in [-0.15, -0.1) is 0 Å². The zero-order chi connectivity index (χ0) is 20.9. The fourth-order valence-electron chi connectivity index (χ4n) is 4.55. The highest BCUT2D eigenvalue weighted by molar-refractivity contribution is 5.80. The quantitative estimate of drug-likeness (QED) is 0.758. The molecule has 4 rings (SSSR count). The summed E-state index contributed by atoms with van der Waals surface area (Å²) in [6, 6.07) is 9.52. The largest absolute Gasteiger partial charge is 0.375 e. The van der Waals surface area contributed by atoms with Crippen LogP contribution in [0.5, 0.6) is 0 Å². The van der Waals surface area contributed by atoms with Gasteiger partial charge in [-0.25, -0.2) is 4.98 Å². The first-order valence-corrected chi connectivity index (χ1v) is 10.7. The highest BCUT2D eigenvalue weighted by Gasteiger charge is 2.40. The second-order valence-electron chi connectivity index (χ2n) is 8.20. The van der Waals surface area contributed by atoms with E-state index in [0.29, 0.717) is 24.7 Å². The molecule has 2 N–H and O–H groups in total. The minimum absolute atomic E-state index is 0.00847. The van der Waals surface area contributed by atoms with Crippen LogP contribution in [-0.2, 0) is 14.3 Å². The van der Waals surface area contributed by atoms with Gasteiger partial charge in [0, 0.05) is 31.7 Å². The highest BCUT2D eigenvalue weighted by atomic mass is 16.5. The monoisotopic (exact) mass is 411 g/mol. The number of hydrogen-bond donors (Lipinski definition) is 2. The fraction of sp³-hybridized carbons (Fsp3) is 0.545. The number of aromatic nitrogens is 3. The third-order valence-electron chi connectivity index (χ3n) is 6.09. The van der Waals surface area contributed by atoms with Gasteiger partial charge in [-0.1, -0.05) is 49.6 Å². The van der Waals surface area contributed by atoms with Gasteiger partial charge in [0.1, 0.15) is 12.4 Å². The van der Waals surface area contributed by atoms with Gasteiger partial charge in [0.15, 0.2) is 5.82 Å². The van der Waals surface area contributed by atoms with Crippen LogP contribution in [-0.4, -0.2) is 64.7 Å². The summed E-state index contributed by atoms with van der Waals surface area (Å²) in [6.45, 7) is 0.999. The Hall–Kier alpha value is -2.74. The van der Waals surface area contributed by atoms with E-state index in [1.165, 1.54) is 13.5 Å². The van der Waals surface area contributed by atoms with E-state index in [2.05, 4.69) is 20.5 Å². The van der Waals surface area contributed by atoms with E-state index in [1.807, 2.05) is 35.2 Å². The van der Waals surface area contributed by atoms with Crippen LogP contribution < -0.4 is 5.32 Å². The molecule has 8 nitrogen and oxygen atoms in total. The maximum absolute atomic E-state index is 13.1. The molecule has 2 heterocycles. The predicted octanol–water partition coefficient (Wildman–Crippen LogP) is 2.11. The number of hydrogen-bond acceptors (Lipinski definition) is 5. The van der Waals surface area contributed by atoms with Crippen molar-refractivity contribution in [1.29, 1.82) is 0 Å². The van der Waals surface area contributed by atoms with Gasteiger partial charge in [-0.3, -0.25) is 14.7 Å². The molecule has 2 fully saturated rings. The highest BCUT2D eigenvalue weighted by Crippen LogP contribution is 2.31. The number of carbonyl (C=O) groups is 2. The van der Waals surface area contributed by atoms with Crippen molar-refractivity contribution in [3.63, 3.8) is 0 Å². The smallest absolute Gasteiger partial charge is 0.246 e. The lowest BCUT2D eigenvalue weighted by molar-refractivity contribution is -0.135. The Morgan fingerprint density at radius 3 is 2.67 bits per heavy atom. The fourth-order valence-corrected chi connectivity index (χ4v) is 4.55. The maximum Gasteiger partial charge on any atom is 0.246 e. The Bertz CT molecular complexity index is 863. The molecule has 160 valence electrons. The number of nitrogens with zero attached hydrogens (tertiary/aromatic N) is 3. The number of likely N-dealkylation sites (tertiary alicyclic amines) is 1. The number of rotatable bonds is 6. The van der Waals surface area contributed by atoms with Gasteiger partial charge in [0.25, 0.3) is 0 Å². The SMILES string of the molecule is COCC(=O)N[C@@H]1CN(C(=O)C2CCCCC2)C[C@H]1c1nc(-c2ccccc2)n[nH]1. The molecule has 0 spiro atoms. The van der Waals surface area contributed by atoms with Crippen molar-refractivity contribution in [3.8, 4) is 11.4 Å². The van der Waals surface area contributed by atoms with Crippen LogP contribution in [0.4, 0.5) is 0 Å². The minimum Gasteiger partial charge on any atom is -0.375 e. The molecule has 1 aromatic carbocycles. The average Bonchev–Trinajstić information content (AvgIpc) is 3.42. The maximum atomic E-state index is 13.1. The van der Waals surface area contributed by atoms with E-state index in [1.54, 1.807) is 0 Å². The van der Waals surface area contributed by atoms with Crippen molar-refractivity contribution in [2.24, 2.45) is 5.92 Å². The molecule has 1 saturated carbocycles. The lowest BCUT2D eigenvalue weighted by atomic mass is 9.88. The van der Waals surface area contributed by atoms with E-state index >= 15 is 0 Å². The van der Waals surface area contributed by atoms with Crippen LogP contribution in [0.2, 0.25) is 0 Å². The van der Waals surface area contributed by atoms with Crippen molar-refractivity contribution in [2.75, 3.05) is 26.8 Å². The first-order valence-electron chi connectivity index (χ1n) is 10.7. The molecule has 0 unspecified atom stereocenters. The minimum atomic E-state index is -0.225.